The molecule has 2 unspecified atom stereocenters. The highest BCUT2D eigenvalue weighted by Crippen LogP contribution is 2.31. The first-order valence-corrected chi connectivity index (χ1v) is 7.10. The number of rotatable bonds is 3. The first kappa shape index (κ1) is 16.2. The minimum absolute atomic E-state index is 0.0612. The number of hydrogen-bond acceptors (Lipinski definition) is 2. The van der Waals surface area contributed by atoms with Gasteiger partial charge in [-0.25, -0.2) is 4.39 Å². The van der Waals surface area contributed by atoms with Crippen LogP contribution in [-0.4, -0.2) is 24.0 Å². The van der Waals surface area contributed by atoms with Crippen molar-refractivity contribution in [3.63, 3.8) is 0 Å². The summed E-state index contributed by atoms with van der Waals surface area (Å²) in [7, 11) is 0. The Morgan fingerprint density at radius 3 is 2.67 bits per heavy atom. The van der Waals surface area contributed by atoms with E-state index in [1.54, 1.807) is 0 Å². The third kappa shape index (κ3) is 4.41. The second-order valence-electron chi connectivity index (χ2n) is 5.84. The van der Waals surface area contributed by atoms with Gasteiger partial charge in [0.1, 0.15) is 5.82 Å². The van der Waals surface area contributed by atoms with Gasteiger partial charge in [-0.3, -0.25) is 4.90 Å². The van der Waals surface area contributed by atoms with Gasteiger partial charge in [-0.1, -0.05) is 0 Å². The lowest BCUT2D eigenvalue weighted by atomic mass is 9.92. The lowest BCUT2D eigenvalue weighted by molar-refractivity contribution is -0.137. The van der Waals surface area contributed by atoms with Crippen molar-refractivity contribution in [1.82, 2.24) is 4.90 Å². The fourth-order valence-corrected chi connectivity index (χ4v) is 2.83. The largest absolute Gasteiger partial charge is 0.416 e. The maximum Gasteiger partial charge on any atom is 0.416 e. The molecule has 6 heteroatoms. The van der Waals surface area contributed by atoms with Crippen molar-refractivity contribution in [2.24, 2.45) is 11.7 Å². The molecular weight excluding hydrogens is 284 g/mol. The molecule has 1 aliphatic heterocycles. The Kier molecular flexibility index (Phi) is 4.88. The van der Waals surface area contributed by atoms with E-state index in [-0.39, 0.29) is 6.04 Å². The topological polar surface area (TPSA) is 29.3 Å². The van der Waals surface area contributed by atoms with Gasteiger partial charge < -0.3 is 5.73 Å². The first-order valence-electron chi connectivity index (χ1n) is 7.10. The van der Waals surface area contributed by atoms with Crippen LogP contribution in [0.15, 0.2) is 18.2 Å². The van der Waals surface area contributed by atoms with Crippen LogP contribution in [0.2, 0.25) is 0 Å². The van der Waals surface area contributed by atoms with Crippen LogP contribution in [-0.2, 0) is 12.7 Å². The van der Waals surface area contributed by atoms with Crippen molar-refractivity contribution < 1.29 is 17.6 Å². The number of benzene rings is 1. The molecule has 1 aromatic carbocycles. The molecule has 21 heavy (non-hydrogen) atoms. The van der Waals surface area contributed by atoms with E-state index in [0.29, 0.717) is 24.1 Å². The molecule has 118 valence electrons. The lowest BCUT2D eigenvalue weighted by Crippen LogP contribution is -2.41. The summed E-state index contributed by atoms with van der Waals surface area (Å²) in [5, 5.41) is 0. The normalized spacial score (nSPS) is 22.3. The Morgan fingerprint density at radius 1 is 1.33 bits per heavy atom. The minimum Gasteiger partial charge on any atom is -0.328 e. The molecule has 1 fully saturated rings. The molecule has 0 aliphatic carbocycles. The summed E-state index contributed by atoms with van der Waals surface area (Å²) in [6, 6.07) is 2.79. The van der Waals surface area contributed by atoms with E-state index in [1.807, 2.05) is 11.8 Å². The molecule has 0 saturated carbocycles. The quantitative estimate of drug-likeness (QED) is 0.867. The molecule has 1 saturated heterocycles. The van der Waals surface area contributed by atoms with E-state index in [9.17, 15) is 17.6 Å². The maximum absolute atomic E-state index is 13.4. The number of alkyl halides is 3. The van der Waals surface area contributed by atoms with Crippen molar-refractivity contribution in [2.75, 3.05) is 13.1 Å². The fourth-order valence-electron chi connectivity index (χ4n) is 2.83. The van der Waals surface area contributed by atoms with Crippen LogP contribution < -0.4 is 5.73 Å². The van der Waals surface area contributed by atoms with E-state index < -0.39 is 17.6 Å². The summed E-state index contributed by atoms with van der Waals surface area (Å²) >= 11 is 0. The highest BCUT2D eigenvalue weighted by Gasteiger charge is 2.31. The van der Waals surface area contributed by atoms with Gasteiger partial charge in [0.25, 0.3) is 0 Å². The summed E-state index contributed by atoms with van der Waals surface area (Å²) in [5.74, 6) is -0.505. The predicted octanol–water partition coefficient (Wildman–Crippen LogP) is 3.40. The molecule has 2 nitrogen and oxygen atoms in total. The van der Waals surface area contributed by atoms with Crippen molar-refractivity contribution in [2.45, 2.75) is 38.5 Å². The van der Waals surface area contributed by atoms with Crippen molar-refractivity contribution in [3.05, 3.63) is 35.1 Å². The van der Waals surface area contributed by atoms with Gasteiger partial charge in [-0.2, -0.15) is 13.2 Å². The Labute approximate surface area is 121 Å². The summed E-state index contributed by atoms with van der Waals surface area (Å²) in [6.07, 6.45) is -2.52. The number of halogens is 4. The second kappa shape index (κ2) is 6.32. The highest BCUT2D eigenvalue weighted by atomic mass is 19.4. The van der Waals surface area contributed by atoms with Gasteiger partial charge in [-0.05, 0) is 56.0 Å². The van der Waals surface area contributed by atoms with E-state index in [0.717, 1.165) is 32.0 Å². The smallest absolute Gasteiger partial charge is 0.328 e. The molecule has 1 aromatic rings. The van der Waals surface area contributed by atoms with E-state index in [4.69, 9.17) is 5.73 Å². The van der Waals surface area contributed by atoms with Crippen LogP contribution in [0.5, 0.6) is 0 Å². The van der Waals surface area contributed by atoms with Crippen molar-refractivity contribution >= 4 is 0 Å². The third-order valence-electron chi connectivity index (χ3n) is 3.98. The van der Waals surface area contributed by atoms with Crippen LogP contribution >= 0.6 is 0 Å². The monoisotopic (exact) mass is 304 g/mol. The molecule has 2 atom stereocenters. The molecule has 0 spiro atoms. The SMILES string of the molecule is CC(N)C1CCCN(Cc2cc(F)cc(C(F)(F)F)c2)C1. The summed E-state index contributed by atoms with van der Waals surface area (Å²) in [5.41, 5.74) is 5.31. The summed E-state index contributed by atoms with van der Waals surface area (Å²) in [4.78, 5) is 2.05. The van der Waals surface area contributed by atoms with E-state index in [1.165, 1.54) is 6.07 Å². The summed E-state index contributed by atoms with van der Waals surface area (Å²) < 4.78 is 51.5. The third-order valence-corrected chi connectivity index (χ3v) is 3.98. The van der Waals surface area contributed by atoms with Crippen LogP contribution in [0.4, 0.5) is 17.6 Å². The van der Waals surface area contributed by atoms with Crippen molar-refractivity contribution in [3.8, 4) is 0 Å². The average Bonchev–Trinajstić information content (AvgIpc) is 2.37. The number of likely N-dealkylation sites (tertiary alicyclic amines) is 1. The Bertz CT molecular complexity index is 485. The zero-order chi connectivity index (χ0) is 15.6. The van der Waals surface area contributed by atoms with Gasteiger partial charge in [0.2, 0.25) is 0 Å². The second-order valence-corrected chi connectivity index (χ2v) is 5.84. The van der Waals surface area contributed by atoms with E-state index in [2.05, 4.69) is 0 Å². The number of piperidine rings is 1. The standard InChI is InChI=1S/C15H20F4N2/c1-10(20)12-3-2-4-21(9-12)8-11-5-13(15(17,18)19)7-14(16)6-11/h5-7,10,12H,2-4,8-9,20H2,1H3. The van der Waals surface area contributed by atoms with Gasteiger partial charge in [0, 0.05) is 19.1 Å². The Morgan fingerprint density at radius 2 is 2.05 bits per heavy atom. The molecule has 0 bridgehead atoms. The van der Waals surface area contributed by atoms with Crippen molar-refractivity contribution in [1.29, 1.82) is 0 Å². The molecule has 0 aromatic heterocycles. The molecule has 0 radical (unpaired) electrons. The van der Waals surface area contributed by atoms with Crippen LogP contribution in [0, 0.1) is 11.7 Å². The lowest BCUT2D eigenvalue weighted by Gasteiger charge is -2.34. The van der Waals surface area contributed by atoms with E-state index >= 15 is 0 Å². The van der Waals surface area contributed by atoms with Crippen LogP contribution in [0.25, 0.3) is 0 Å². The van der Waals surface area contributed by atoms with Gasteiger partial charge >= 0.3 is 6.18 Å². The average molecular weight is 304 g/mol. The van der Waals surface area contributed by atoms with Crippen LogP contribution in [0.3, 0.4) is 0 Å². The predicted molar refractivity (Wildman–Crippen MR) is 73.1 cm³/mol. The summed E-state index contributed by atoms with van der Waals surface area (Å²) in [6.45, 7) is 3.82. The van der Waals surface area contributed by atoms with Crippen LogP contribution in [0.1, 0.15) is 30.9 Å². The number of nitrogens with two attached hydrogens (primary N) is 1. The Balaban J connectivity index is 2.10. The fraction of sp³-hybridized carbons (Fsp3) is 0.600. The zero-order valence-corrected chi connectivity index (χ0v) is 12.0. The maximum atomic E-state index is 13.4. The minimum atomic E-state index is -4.52. The van der Waals surface area contributed by atoms with Gasteiger partial charge in [0.15, 0.2) is 0 Å². The molecule has 1 aliphatic rings. The highest BCUT2D eigenvalue weighted by molar-refractivity contribution is 5.26. The number of nitrogens with zero attached hydrogens (tertiary/aromatic N) is 1. The zero-order valence-electron chi connectivity index (χ0n) is 12.0. The molecule has 2 rings (SSSR count). The molecule has 0 amide bonds. The molecule has 1 heterocycles. The number of hydrogen-bond donors (Lipinski definition) is 1. The Hall–Kier alpha value is -1.14. The first-order chi connectivity index (χ1) is 9.75. The molecule has 2 N–H and O–H groups in total. The van der Waals surface area contributed by atoms with Gasteiger partial charge in [0.05, 0.1) is 5.56 Å². The van der Waals surface area contributed by atoms with Gasteiger partial charge in [-0.15, -0.1) is 0 Å². The molecular formula is C15H20F4N2.